The van der Waals surface area contributed by atoms with Crippen LogP contribution in [-0.2, 0) is 32.0 Å². The zero-order valence-corrected chi connectivity index (χ0v) is 28.0. The second-order valence-electron chi connectivity index (χ2n) is 7.11. The quantitative estimate of drug-likeness (QED) is 0.127. The topological polar surface area (TPSA) is 187 Å². The van der Waals surface area contributed by atoms with E-state index in [0.717, 1.165) is 17.4 Å². The molecule has 17 heteroatoms. The summed E-state index contributed by atoms with van der Waals surface area (Å²) in [6.45, 7) is 3.05. The van der Waals surface area contributed by atoms with Crippen molar-refractivity contribution in [1.29, 1.82) is 0 Å². The molecular formula is C17H29K2N3O10P2. The summed E-state index contributed by atoms with van der Waals surface area (Å²) >= 11 is 0. The molecule has 34 heavy (non-hydrogen) atoms. The average Bonchev–Trinajstić information content (AvgIpc) is 3.08. The van der Waals surface area contributed by atoms with Crippen molar-refractivity contribution in [2.24, 2.45) is 0 Å². The first-order valence-electron chi connectivity index (χ1n) is 10.3. The van der Waals surface area contributed by atoms with Crippen molar-refractivity contribution in [3.8, 4) is 0 Å². The minimum atomic E-state index is -4.72. The van der Waals surface area contributed by atoms with Crippen molar-refractivity contribution in [2.45, 2.75) is 64.4 Å². The fourth-order valence-corrected chi connectivity index (χ4v) is 4.54. The Bertz CT molecular complexity index is 893. The number of nitrogens with two attached hydrogens (primary N) is 1. The number of anilines is 1. The van der Waals surface area contributed by atoms with E-state index in [-0.39, 0.29) is 128 Å². The first-order valence-corrected chi connectivity index (χ1v) is 13.2. The number of unbranched alkanes of at least 4 members (excludes halogenated alkanes) is 2. The first kappa shape index (κ1) is 36.1. The van der Waals surface area contributed by atoms with E-state index in [1.54, 1.807) is 0 Å². The maximum Gasteiger partial charge on any atom is 1.00 e. The Morgan fingerprint density at radius 2 is 1.71 bits per heavy atom. The summed E-state index contributed by atoms with van der Waals surface area (Å²) in [5.41, 5.74) is 4.76. The van der Waals surface area contributed by atoms with Gasteiger partial charge in [-0.25, -0.2) is 4.79 Å². The molecule has 0 radical (unpaired) electrons. The summed E-state index contributed by atoms with van der Waals surface area (Å²) in [5.74, 6) is 0.00170. The van der Waals surface area contributed by atoms with Crippen LogP contribution in [0, 0.1) is 0 Å². The largest absolute Gasteiger partial charge is 1.00 e. The molecule has 1 aliphatic rings. The van der Waals surface area contributed by atoms with Gasteiger partial charge in [0, 0.05) is 12.6 Å². The van der Waals surface area contributed by atoms with E-state index in [1.807, 2.05) is 13.8 Å². The Morgan fingerprint density at radius 3 is 2.26 bits per heavy atom. The van der Waals surface area contributed by atoms with E-state index >= 15 is 0 Å². The number of hydrogen-bond acceptors (Lipinski definition) is 12. The van der Waals surface area contributed by atoms with Crippen molar-refractivity contribution >= 4 is 21.5 Å². The Morgan fingerprint density at radius 1 is 1.12 bits per heavy atom. The van der Waals surface area contributed by atoms with Crippen LogP contribution in [0.25, 0.3) is 0 Å². The number of nitrogens with zero attached hydrogens (tertiary/aromatic N) is 2. The molecule has 0 amide bonds. The van der Waals surface area contributed by atoms with Crippen LogP contribution in [0.1, 0.15) is 52.2 Å². The minimum Gasteiger partial charge on any atom is -0.756 e. The summed E-state index contributed by atoms with van der Waals surface area (Å²) in [4.78, 5) is 39.8. The molecule has 0 aliphatic carbocycles. The third-order valence-corrected chi connectivity index (χ3v) is 6.49. The molecule has 0 bridgehead atoms. The van der Waals surface area contributed by atoms with Gasteiger partial charge in [0.2, 0.25) is 0 Å². The second kappa shape index (κ2) is 17.7. The summed E-state index contributed by atoms with van der Waals surface area (Å²) in [6, 6.07) is 1.37. The molecule has 2 heterocycles. The van der Waals surface area contributed by atoms with Crippen molar-refractivity contribution in [3.05, 3.63) is 22.7 Å². The zero-order chi connectivity index (χ0) is 23.8. The summed E-state index contributed by atoms with van der Waals surface area (Å²) in [6.07, 6.45) is 0.372. The summed E-state index contributed by atoms with van der Waals surface area (Å²) < 4.78 is 50.4. The van der Waals surface area contributed by atoms with Crippen LogP contribution < -0.4 is 124 Å². The predicted octanol–water partition coefficient (Wildman–Crippen LogP) is -4.91. The van der Waals surface area contributed by atoms with Crippen LogP contribution in [-0.4, -0.2) is 41.6 Å². The SMILES string of the molecule is CCCCOP(=O)([O-])OC[C@H]1O[C@H](n2ccc(N)nc2=O)C[C@@H]1OP(=O)([O-])OCCCC.[K+].[K+]. The van der Waals surface area contributed by atoms with Crippen LogP contribution in [0.4, 0.5) is 5.82 Å². The fraction of sp³-hybridized carbons (Fsp3) is 0.765. The van der Waals surface area contributed by atoms with E-state index in [0.29, 0.717) is 12.8 Å². The third kappa shape index (κ3) is 12.8. The van der Waals surface area contributed by atoms with E-state index in [1.165, 1.54) is 12.3 Å². The van der Waals surface area contributed by atoms with Gasteiger partial charge < -0.3 is 38.4 Å². The van der Waals surface area contributed by atoms with Gasteiger partial charge in [0.1, 0.15) is 18.1 Å². The van der Waals surface area contributed by atoms with Crippen LogP contribution in [0.5, 0.6) is 0 Å². The van der Waals surface area contributed by atoms with Gasteiger partial charge in [0.05, 0.1) is 25.9 Å². The Kier molecular flexibility index (Phi) is 18.8. The predicted molar refractivity (Wildman–Crippen MR) is 109 cm³/mol. The molecule has 184 valence electrons. The Labute approximate surface area is 283 Å². The van der Waals surface area contributed by atoms with Gasteiger partial charge in [-0.05, 0) is 18.9 Å². The Balaban J connectivity index is 0.00000544. The van der Waals surface area contributed by atoms with Gasteiger partial charge in [0.15, 0.2) is 0 Å². The number of phosphoric ester groups is 2. The third-order valence-electron chi connectivity index (χ3n) is 4.50. The monoisotopic (exact) mass is 575 g/mol. The van der Waals surface area contributed by atoms with E-state index < -0.39 is 46.4 Å². The molecule has 13 nitrogen and oxygen atoms in total. The molecule has 2 N–H and O–H groups in total. The smallest absolute Gasteiger partial charge is 0.756 e. The molecule has 2 rings (SSSR count). The zero-order valence-electron chi connectivity index (χ0n) is 20.0. The molecule has 1 aromatic heterocycles. The molecule has 0 aromatic carbocycles. The molecule has 2 unspecified atom stereocenters. The molecule has 0 saturated carbocycles. The van der Waals surface area contributed by atoms with E-state index in [4.69, 9.17) is 28.6 Å². The van der Waals surface area contributed by atoms with Gasteiger partial charge >= 0.3 is 108 Å². The van der Waals surface area contributed by atoms with Crippen LogP contribution in [0.2, 0.25) is 0 Å². The molecule has 1 saturated heterocycles. The molecule has 1 aliphatic heterocycles. The maximum absolute atomic E-state index is 12.2. The molecule has 0 spiro atoms. The number of hydrogen-bond donors (Lipinski definition) is 1. The van der Waals surface area contributed by atoms with Gasteiger partial charge in [-0.2, -0.15) is 4.98 Å². The minimum absolute atomic E-state index is 0. The van der Waals surface area contributed by atoms with Crippen molar-refractivity contribution in [3.63, 3.8) is 0 Å². The van der Waals surface area contributed by atoms with Crippen LogP contribution in [0.3, 0.4) is 0 Å². The number of nitrogen functional groups attached to an aromatic ring is 1. The number of ether oxygens (including phenoxy) is 1. The number of rotatable bonds is 14. The van der Waals surface area contributed by atoms with Crippen molar-refractivity contribution < 1.29 is 145 Å². The van der Waals surface area contributed by atoms with Crippen LogP contribution in [0.15, 0.2) is 17.1 Å². The van der Waals surface area contributed by atoms with Crippen molar-refractivity contribution in [1.82, 2.24) is 9.55 Å². The fourth-order valence-electron chi connectivity index (χ4n) is 2.82. The number of aromatic nitrogens is 2. The summed E-state index contributed by atoms with van der Waals surface area (Å²) in [7, 11) is -9.36. The standard InChI is InChI=1S/C17H31N3O10P2.2K/c1-3-5-9-26-31(22,23)28-12-14-13(30-32(24,25)27-10-6-4-2)11-16(29-14)20-8-7-15(18)19-17(20)21;;/h7-8,13-14,16H,3-6,9-12H2,1-2H3,(H,22,23)(H,24,25)(H2,18,19,21);;/q;2*+1/p-2/t13-,14+,16-;;/m0../s1. The maximum atomic E-state index is 12.2. The molecule has 1 aromatic rings. The summed E-state index contributed by atoms with van der Waals surface area (Å²) in [5, 5.41) is 0. The molecule has 1 fully saturated rings. The van der Waals surface area contributed by atoms with Gasteiger partial charge in [-0.15, -0.1) is 0 Å². The van der Waals surface area contributed by atoms with Crippen LogP contribution >= 0.6 is 15.6 Å². The van der Waals surface area contributed by atoms with Gasteiger partial charge in [-0.3, -0.25) is 13.7 Å². The van der Waals surface area contributed by atoms with E-state index in [9.17, 15) is 23.7 Å². The van der Waals surface area contributed by atoms with Gasteiger partial charge in [-0.1, -0.05) is 26.7 Å². The molecule has 5 atom stereocenters. The van der Waals surface area contributed by atoms with E-state index in [2.05, 4.69) is 4.98 Å². The first-order chi connectivity index (χ1) is 15.1. The number of phosphoric acid groups is 2. The van der Waals surface area contributed by atoms with Crippen molar-refractivity contribution in [2.75, 3.05) is 25.6 Å². The normalized spacial score (nSPS) is 23.4. The Hall–Kier alpha value is 2.13. The second-order valence-corrected chi connectivity index (χ2v) is 9.89. The van der Waals surface area contributed by atoms with Gasteiger partial charge in [0.25, 0.3) is 15.6 Å². The molecular weight excluding hydrogens is 546 g/mol. The average molecular weight is 576 g/mol.